The van der Waals surface area contributed by atoms with Crippen LogP contribution in [0.3, 0.4) is 0 Å². The highest BCUT2D eigenvalue weighted by atomic mass is 16.8. The second-order valence-corrected chi connectivity index (χ2v) is 13.1. The van der Waals surface area contributed by atoms with Crippen LogP contribution in [0.4, 0.5) is 0 Å². The number of carbonyl (C=O) groups is 1. The van der Waals surface area contributed by atoms with Crippen molar-refractivity contribution in [1.29, 1.82) is 0 Å². The summed E-state index contributed by atoms with van der Waals surface area (Å²) in [5.41, 5.74) is 0. The van der Waals surface area contributed by atoms with Crippen LogP contribution in [0.2, 0.25) is 0 Å². The van der Waals surface area contributed by atoms with Crippen LogP contribution in [0, 0.1) is 0 Å². The van der Waals surface area contributed by atoms with Crippen molar-refractivity contribution in [2.75, 3.05) is 33.0 Å². The van der Waals surface area contributed by atoms with Crippen LogP contribution in [0.25, 0.3) is 0 Å². The van der Waals surface area contributed by atoms with Crippen molar-refractivity contribution >= 4 is 5.91 Å². The molecule has 4 aliphatic heterocycles. The van der Waals surface area contributed by atoms with Gasteiger partial charge >= 0.3 is 0 Å². The van der Waals surface area contributed by atoms with E-state index in [1.807, 2.05) is 6.92 Å². The molecule has 20 atom stereocenters. The number of aliphatic hydroxyl groups is 12. The third-order valence-electron chi connectivity index (χ3n) is 9.37. The highest BCUT2D eigenvalue weighted by molar-refractivity contribution is 5.73. The predicted molar refractivity (Wildman–Crippen MR) is 164 cm³/mol. The summed E-state index contributed by atoms with van der Waals surface area (Å²) in [6.07, 6.45) is -30.7. The molecule has 0 bridgehead atoms. The predicted octanol–water partition coefficient (Wildman–Crippen LogP) is -7.78. The summed E-state index contributed by atoms with van der Waals surface area (Å²) in [5, 5.41) is 128. The van der Waals surface area contributed by atoms with Gasteiger partial charge in [0.1, 0.15) is 97.6 Å². The van der Waals surface area contributed by atoms with Gasteiger partial charge in [-0.05, 0) is 6.42 Å². The van der Waals surface area contributed by atoms with Gasteiger partial charge in [0.15, 0.2) is 25.2 Å². The van der Waals surface area contributed by atoms with E-state index >= 15 is 0 Å². The van der Waals surface area contributed by atoms with Crippen LogP contribution in [0.1, 0.15) is 26.7 Å². The van der Waals surface area contributed by atoms with E-state index in [0.29, 0.717) is 6.42 Å². The Bertz CT molecular complexity index is 1090. The molecule has 22 heteroatoms. The molecule has 4 fully saturated rings. The lowest BCUT2D eigenvalue weighted by Crippen LogP contribution is -2.69. The molecule has 304 valence electrons. The number of unbranched alkanes of at least 4 members (excludes halogenated alkanes) is 1. The second kappa shape index (κ2) is 19.5. The van der Waals surface area contributed by atoms with Crippen molar-refractivity contribution in [3.8, 4) is 0 Å². The first kappa shape index (κ1) is 43.4. The fraction of sp³-hybridized carbons (Fsp3) is 0.967. The fourth-order valence-electron chi connectivity index (χ4n) is 6.41. The zero-order chi connectivity index (χ0) is 38.4. The minimum atomic E-state index is -1.99. The Morgan fingerprint density at radius 3 is 1.54 bits per heavy atom. The maximum absolute atomic E-state index is 12.2. The topological polar surface area (TPSA) is 346 Å². The Hall–Kier alpha value is -1.33. The molecule has 4 saturated heterocycles. The van der Waals surface area contributed by atoms with E-state index in [2.05, 4.69) is 5.32 Å². The normalized spacial score (nSPS) is 47.3. The SMILES string of the molecule is CCCCO[C@@H]1OC(CO)[C@@H](O[C@@H]2OC(CO)[C@H](O)C(O[C@@H]3OC(CO)[C@@H](O[C@@H]4OC(CO)[C@H](O)C(O)[C@@H]4O)C(O)[C@@H]3NC(C)=O)[C@@H]2O)C(O)[C@@H]1O. The molecule has 22 nitrogen and oxygen atoms in total. The van der Waals surface area contributed by atoms with E-state index in [1.165, 1.54) is 0 Å². The Kier molecular flexibility index (Phi) is 16.3. The van der Waals surface area contributed by atoms with Crippen LogP contribution >= 0.6 is 0 Å². The Balaban J connectivity index is 1.53. The molecule has 0 aliphatic carbocycles. The second-order valence-electron chi connectivity index (χ2n) is 13.1. The minimum Gasteiger partial charge on any atom is -0.394 e. The van der Waals surface area contributed by atoms with Crippen molar-refractivity contribution in [2.45, 2.75) is 149 Å². The van der Waals surface area contributed by atoms with Gasteiger partial charge in [-0.25, -0.2) is 0 Å². The summed E-state index contributed by atoms with van der Waals surface area (Å²) in [4.78, 5) is 12.2. The fourth-order valence-corrected chi connectivity index (χ4v) is 6.41. The number of carbonyl (C=O) groups excluding carboxylic acids is 1. The highest BCUT2D eigenvalue weighted by Crippen LogP contribution is 2.34. The molecular weight excluding hydrogens is 710 g/mol. The van der Waals surface area contributed by atoms with E-state index in [-0.39, 0.29) is 6.61 Å². The molecule has 0 aromatic rings. The number of rotatable bonds is 15. The van der Waals surface area contributed by atoms with Crippen molar-refractivity contribution in [3.63, 3.8) is 0 Å². The standard InChI is InChI=1S/C30H53NO21/c1-3-4-5-45-28-22(43)20(41)25(14(9-35)49-28)51-30-23(44)26(17(38)12(7-33)47-30)52-27-15(31-10(2)36)18(39)24(13(8-34)48-27)50-29-21(42)19(40)16(37)11(6-32)46-29/h11-30,32-35,37-44H,3-9H2,1-2H3,(H,31,36)/t11?,12?,13?,14?,15-,16-,17-,18?,19?,20?,21-,22-,23-,24+,25+,26?,27-,28+,29-,30-/m0/s1. The van der Waals surface area contributed by atoms with Gasteiger partial charge in [-0.15, -0.1) is 0 Å². The molecule has 8 unspecified atom stereocenters. The molecule has 4 heterocycles. The number of ether oxygens (including phenoxy) is 8. The molecule has 1 amide bonds. The van der Waals surface area contributed by atoms with Crippen molar-refractivity contribution in [3.05, 3.63) is 0 Å². The summed E-state index contributed by atoms with van der Waals surface area (Å²) in [5.74, 6) is -0.741. The van der Waals surface area contributed by atoms with Crippen LogP contribution in [0.5, 0.6) is 0 Å². The third-order valence-corrected chi connectivity index (χ3v) is 9.37. The molecule has 0 spiro atoms. The van der Waals surface area contributed by atoms with Gasteiger partial charge in [0.05, 0.1) is 26.4 Å². The molecular formula is C30H53NO21. The highest BCUT2D eigenvalue weighted by Gasteiger charge is 2.55. The Morgan fingerprint density at radius 2 is 1.00 bits per heavy atom. The Labute approximate surface area is 297 Å². The van der Waals surface area contributed by atoms with Crippen molar-refractivity contribution < 1.29 is 104 Å². The first-order valence-electron chi connectivity index (χ1n) is 17.1. The van der Waals surface area contributed by atoms with Gasteiger partial charge < -0.3 is 104 Å². The molecule has 0 radical (unpaired) electrons. The first-order valence-corrected chi connectivity index (χ1v) is 17.1. The van der Waals surface area contributed by atoms with Crippen molar-refractivity contribution in [2.24, 2.45) is 0 Å². The van der Waals surface area contributed by atoms with Gasteiger partial charge in [0.25, 0.3) is 0 Å². The zero-order valence-corrected chi connectivity index (χ0v) is 28.5. The van der Waals surface area contributed by atoms with Gasteiger partial charge in [-0.2, -0.15) is 0 Å². The van der Waals surface area contributed by atoms with Crippen molar-refractivity contribution in [1.82, 2.24) is 5.32 Å². The smallest absolute Gasteiger partial charge is 0.217 e. The van der Waals surface area contributed by atoms with E-state index < -0.39 is 155 Å². The maximum Gasteiger partial charge on any atom is 0.217 e. The van der Waals surface area contributed by atoms with E-state index in [9.17, 15) is 66.1 Å². The molecule has 4 rings (SSSR count). The van der Waals surface area contributed by atoms with Gasteiger partial charge in [0, 0.05) is 13.5 Å². The average Bonchev–Trinajstić information content (AvgIpc) is 3.12. The third kappa shape index (κ3) is 9.54. The van der Waals surface area contributed by atoms with Gasteiger partial charge in [-0.3, -0.25) is 4.79 Å². The molecule has 13 N–H and O–H groups in total. The van der Waals surface area contributed by atoms with Crippen LogP contribution in [-0.2, 0) is 42.7 Å². The number of hydrogen-bond donors (Lipinski definition) is 13. The van der Waals surface area contributed by atoms with E-state index in [1.54, 1.807) is 0 Å². The summed E-state index contributed by atoms with van der Waals surface area (Å²) < 4.78 is 45.1. The maximum atomic E-state index is 12.2. The Morgan fingerprint density at radius 1 is 0.538 bits per heavy atom. The van der Waals surface area contributed by atoms with E-state index in [4.69, 9.17) is 37.9 Å². The lowest BCUT2D eigenvalue weighted by atomic mass is 9.94. The minimum absolute atomic E-state index is 0.184. The van der Waals surface area contributed by atoms with Gasteiger partial charge in [0.2, 0.25) is 5.91 Å². The first-order chi connectivity index (χ1) is 24.7. The summed E-state index contributed by atoms with van der Waals surface area (Å²) >= 11 is 0. The number of aliphatic hydroxyl groups excluding tert-OH is 12. The molecule has 0 aromatic carbocycles. The van der Waals surface area contributed by atoms with Gasteiger partial charge in [-0.1, -0.05) is 13.3 Å². The zero-order valence-electron chi connectivity index (χ0n) is 28.5. The lowest BCUT2D eigenvalue weighted by Gasteiger charge is -2.50. The largest absolute Gasteiger partial charge is 0.394 e. The van der Waals surface area contributed by atoms with Crippen LogP contribution in [-0.4, -0.2) is 223 Å². The quantitative estimate of drug-likeness (QED) is 0.0689. The summed E-state index contributed by atoms with van der Waals surface area (Å²) in [6.45, 7) is -0.132. The van der Waals surface area contributed by atoms with E-state index in [0.717, 1.165) is 13.3 Å². The average molecular weight is 764 g/mol. The molecule has 4 aliphatic rings. The number of amides is 1. The van der Waals surface area contributed by atoms with Crippen LogP contribution in [0.15, 0.2) is 0 Å². The van der Waals surface area contributed by atoms with Crippen LogP contribution < -0.4 is 5.32 Å². The lowest BCUT2D eigenvalue weighted by molar-refractivity contribution is -0.381. The number of hydrogen-bond acceptors (Lipinski definition) is 21. The monoisotopic (exact) mass is 763 g/mol. The molecule has 0 saturated carbocycles. The molecule has 52 heavy (non-hydrogen) atoms. The summed E-state index contributed by atoms with van der Waals surface area (Å²) in [7, 11) is 0. The number of nitrogens with one attached hydrogen (secondary N) is 1. The molecule has 0 aromatic heterocycles. The summed E-state index contributed by atoms with van der Waals surface area (Å²) in [6, 6.07) is -1.60.